The molecule has 0 rings (SSSR count). The summed E-state index contributed by atoms with van der Waals surface area (Å²) in [5, 5.41) is 0. The molecule has 0 radical (unpaired) electrons. The van der Waals surface area contributed by atoms with E-state index >= 15 is 0 Å². The van der Waals surface area contributed by atoms with Crippen molar-refractivity contribution in [3.05, 3.63) is 0 Å². The summed E-state index contributed by atoms with van der Waals surface area (Å²) in [5.74, 6) is 0.786. The maximum atomic E-state index is 12.7. The van der Waals surface area contributed by atoms with Crippen LogP contribution in [-0.2, 0) is 28.6 Å². The molecule has 0 amide bonds. The topological polar surface area (TPSA) is 78.9 Å². The van der Waals surface area contributed by atoms with Crippen molar-refractivity contribution >= 4 is 17.9 Å². The SMILES string of the molecule is CCCCCCCC(=O)OC[C@H](COC(=O)CCCCCCCCCCCCC(C)C)OC(=O)CCCCCCCCCCCCCCCC(C)C. The van der Waals surface area contributed by atoms with Crippen LogP contribution < -0.4 is 0 Å². The first kappa shape index (κ1) is 50.4. The van der Waals surface area contributed by atoms with Crippen molar-refractivity contribution in [1.29, 1.82) is 0 Å². The van der Waals surface area contributed by atoms with Crippen molar-refractivity contribution in [2.24, 2.45) is 11.8 Å². The quantitative estimate of drug-likeness (QED) is 0.0354. The molecule has 0 N–H and O–H groups in total. The highest BCUT2D eigenvalue weighted by Crippen LogP contribution is 2.16. The largest absolute Gasteiger partial charge is 0.462 e. The summed E-state index contributed by atoms with van der Waals surface area (Å²) in [7, 11) is 0. The van der Waals surface area contributed by atoms with Crippen LogP contribution in [0.15, 0.2) is 0 Å². The minimum absolute atomic E-state index is 0.0658. The second kappa shape index (κ2) is 39.1. The zero-order chi connectivity index (χ0) is 38.3. The first-order valence-corrected chi connectivity index (χ1v) is 22.7. The first-order valence-electron chi connectivity index (χ1n) is 22.7. The molecule has 0 unspecified atom stereocenters. The zero-order valence-corrected chi connectivity index (χ0v) is 35.4. The zero-order valence-electron chi connectivity index (χ0n) is 35.4. The molecule has 52 heavy (non-hydrogen) atoms. The first-order chi connectivity index (χ1) is 25.2. The Kier molecular flexibility index (Phi) is 37.9. The number of unbranched alkanes of at least 4 members (excludes halogenated alkanes) is 25. The third kappa shape index (κ3) is 39.6. The molecule has 1 atom stereocenters. The van der Waals surface area contributed by atoms with Gasteiger partial charge in [-0.25, -0.2) is 0 Å². The van der Waals surface area contributed by atoms with Gasteiger partial charge in [0.25, 0.3) is 0 Å². The highest BCUT2D eigenvalue weighted by Gasteiger charge is 2.19. The average Bonchev–Trinajstić information content (AvgIpc) is 3.11. The summed E-state index contributed by atoms with van der Waals surface area (Å²) >= 11 is 0. The fraction of sp³-hybridized carbons (Fsp3) is 0.935. The van der Waals surface area contributed by atoms with Gasteiger partial charge in [0, 0.05) is 19.3 Å². The predicted octanol–water partition coefficient (Wildman–Crippen LogP) is 14.2. The molecule has 0 saturated heterocycles. The van der Waals surface area contributed by atoms with Crippen LogP contribution in [0.3, 0.4) is 0 Å². The van der Waals surface area contributed by atoms with Gasteiger partial charge < -0.3 is 14.2 Å². The van der Waals surface area contributed by atoms with Crippen LogP contribution in [-0.4, -0.2) is 37.2 Å². The van der Waals surface area contributed by atoms with Crippen molar-refractivity contribution in [3.63, 3.8) is 0 Å². The molecule has 0 aromatic carbocycles. The normalized spacial score (nSPS) is 12.1. The standard InChI is InChI=1S/C46H88O6/c1-6-7-8-24-31-36-44(47)50-39-43(40-51-45(48)37-32-27-22-18-15-14-17-21-26-30-35-42(4)5)52-46(49)38-33-28-23-19-13-11-9-10-12-16-20-25-29-34-41(2)3/h41-43H,6-40H2,1-5H3/t43-/m1/s1. The van der Waals surface area contributed by atoms with E-state index in [-0.39, 0.29) is 31.1 Å². The highest BCUT2D eigenvalue weighted by molar-refractivity contribution is 5.71. The minimum atomic E-state index is -0.758. The van der Waals surface area contributed by atoms with Crippen molar-refractivity contribution in [2.75, 3.05) is 13.2 Å². The second-order valence-corrected chi connectivity index (χ2v) is 16.6. The van der Waals surface area contributed by atoms with E-state index in [4.69, 9.17) is 14.2 Å². The Morgan fingerprint density at radius 2 is 0.635 bits per heavy atom. The van der Waals surface area contributed by atoms with Gasteiger partial charge in [-0.05, 0) is 31.1 Å². The maximum Gasteiger partial charge on any atom is 0.306 e. The monoisotopic (exact) mass is 737 g/mol. The molecular formula is C46H88O6. The second-order valence-electron chi connectivity index (χ2n) is 16.6. The Balaban J connectivity index is 4.18. The lowest BCUT2D eigenvalue weighted by Gasteiger charge is -2.18. The summed E-state index contributed by atoms with van der Waals surface area (Å²) in [4.78, 5) is 37.5. The summed E-state index contributed by atoms with van der Waals surface area (Å²) in [5.41, 5.74) is 0. The predicted molar refractivity (Wildman–Crippen MR) is 220 cm³/mol. The minimum Gasteiger partial charge on any atom is -0.462 e. The third-order valence-corrected chi connectivity index (χ3v) is 10.2. The molecule has 6 nitrogen and oxygen atoms in total. The van der Waals surface area contributed by atoms with E-state index in [1.807, 2.05) is 0 Å². The molecule has 6 heteroatoms. The molecule has 0 aliphatic rings. The van der Waals surface area contributed by atoms with E-state index in [0.29, 0.717) is 19.3 Å². The van der Waals surface area contributed by atoms with Crippen molar-refractivity contribution in [1.82, 2.24) is 0 Å². The van der Waals surface area contributed by atoms with Crippen molar-refractivity contribution in [3.8, 4) is 0 Å². The number of hydrogen-bond donors (Lipinski definition) is 0. The van der Waals surface area contributed by atoms with Gasteiger partial charge in [0.15, 0.2) is 6.10 Å². The number of carbonyl (C=O) groups is 3. The van der Waals surface area contributed by atoms with Crippen LogP contribution in [0.1, 0.15) is 247 Å². The number of carbonyl (C=O) groups excluding carboxylic acids is 3. The molecule has 0 aromatic heterocycles. The lowest BCUT2D eigenvalue weighted by Crippen LogP contribution is -2.30. The molecule has 0 heterocycles. The molecule has 0 spiro atoms. The molecule has 308 valence electrons. The van der Waals surface area contributed by atoms with E-state index < -0.39 is 6.10 Å². The van der Waals surface area contributed by atoms with Crippen molar-refractivity contribution < 1.29 is 28.6 Å². The van der Waals surface area contributed by atoms with Crippen LogP contribution in [0.25, 0.3) is 0 Å². The fourth-order valence-corrected chi connectivity index (χ4v) is 6.75. The van der Waals surface area contributed by atoms with Crippen LogP contribution in [0, 0.1) is 11.8 Å². The highest BCUT2D eigenvalue weighted by atomic mass is 16.6. The van der Waals surface area contributed by atoms with Gasteiger partial charge in [0.1, 0.15) is 13.2 Å². The van der Waals surface area contributed by atoms with Gasteiger partial charge in [0.05, 0.1) is 0 Å². The summed E-state index contributed by atoms with van der Waals surface area (Å²) < 4.78 is 16.6. The van der Waals surface area contributed by atoms with Gasteiger partial charge >= 0.3 is 17.9 Å². The Bertz CT molecular complexity index is 794. The molecule has 0 saturated carbocycles. The number of rotatable bonds is 40. The molecular weight excluding hydrogens is 649 g/mol. The Morgan fingerprint density at radius 3 is 0.942 bits per heavy atom. The van der Waals surface area contributed by atoms with Gasteiger partial charge in [-0.3, -0.25) is 14.4 Å². The average molecular weight is 737 g/mol. The summed E-state index contributed by atoms with van der Waals surface area (Å²) in [6.45, 7) is 11.3. The van der Waals surface area contributed by atoms with E-state index in [1.165, 1.54) is 128 Å². The van der Waals surface area contributed by atoms with E-state index in [0.717, 1.165) is 76.0 Å². The van der Waals surface area contributed by atoms with Gasteiger partial charge in [0.2, 0.25) is 0 Å². The molecule has 0 aliphatic carbocycles. The Morgan fingerprint density at radius 1 is 0.365 bits per heavy atom. The van der Waals surface area contributed by atoms with Crippen LogP contribution in [0.2, 0.25) is 0 Å². The number of hydrogen-bond acceptors (Lipinski definition) is 6. The smallest absolute Gasteiger partial charge is 0.306 e. The lowest BCUT2D eigenvalue weighted by atomic mass is 10.0. The lowest BCUT2D eigenvalue weighted by molar-refractivity contribution is -0.167. The van der Waals surface area contributed by atoms with Crippen LogP contribution >= 0.6 is 0 Å². The van der Waals surface area contributed by atoms with E-state index in [1.54, 1.807) is 0 Å². The third-order valence-electron chi connectivity index (χ3n) is 10.2. The summed E-state index contributed by atoms with van der Waals surface area (Å²) in [6, 6.07) is 0. The molecule has 0 fully saturated rings. The summed E-state index contributed by atoms with van der Waals surface area (Å²) in [6.07, 6.45) is 36.9. The molecule has 0 aliphatic heterocycles. The molecule has 0 aromatic rings. The number of ether oxygens (including phenoxy) is 3. The number of esters is 3. The van der Waals surface area contributed by atoms with Gasteiger partial charge in [-0.1, -0.05) is 208 Å². The van der Waals surface area contributed by atoms with Gasteiger partial charge in [-0.15, -0.1) is 0 Å². The maximum absolute atomic E-state index is 12.7. The molecule has 0 bridgehead atoms. The van der Waals surface area contributed by atoms with Gasteiger partial charge in [-0.2, -0.15) is 0 Å². The van der Waals surface area contributed by atoms with E-state index in [9.17, 15) is 14.4 Å². The fourth-order valence-electron chi connectivity index (χ4n) is 6.75. The van der Waals surface area contributed by atoms with E-state index in [2.05, 4.69) is 34.6 Å². The van der Waals surface area contributed by atoms with Crippen LogP contribution in [0.4, 0.5) is 0 Å². The Hall–Kier alpha value is -1.59. The van der Waals surface area contributed by atoms with Crippen LogP contribution in [0.5, 0.6) is 0 Å². The van der Waals surface area contributed by atoms with Crippen molar-refractivity contribution in [2.45, 2.75) is 253 Å². The Labute approximate surface area is 323 Å².